The molecular formula is C28H33FN2O4S. The Balaban J connectivity index is 0.00000180. The van der Waals surface area contributed by atoms with Gasteiger partial charge in [-0.05, 0) is 42.5 Å². The lowest BCUT2D eigenvalue weighted by atomic mass is 10.0. The normalized spacial score (nSPS) is 14.9. The van der Waals surface area contributed by atoms with Crippen LogP contribution in [0.4, 0.5) is 10.1 Å². The van der Waals surface area contributed by atoms with Gasteiger partial charge in [0.05, 0.1) is 6.42 Å². The molecule has 1 aliphatic heterocycles. The van der Waals surface area contributed by atoms with Gasteiger partial charge in [-0.1, -0.05) is 52.0 Å². The molecule has 0 radical (unpaired) electrons. The molecule has 1 fully saturated rings. The maximum absolute atomic E-state index is 15.1. The molecular weight excluding hydrogens is 479 g/mol. The third-order valence-electron chi connectivity index (χ3n) is 6.22. The standard InChI is InChI=1S/C26H25FN2O4S.2CH4/c27-21-10-4-3-9-20(21)25(26(31)28-17-6-1-2-7-17)29(24(30)15-19-8-5-13-34-19)18-11-12-22-23(14-18)33-16-32-22;;/h3-5,8-14,17,25H,1-2,6-7,15-16H2,(H,28,31);2*1H4. The number of benzene rings is 2. The number of carbonyl (C=O) groups excluding carboxylic acids is 2. The molecule has 2 aliphatic rings. The largest absolute Gasteiger partial charge is 0.454 e. The van der Waals surface area contributed by atoms with E-state index in [0.717, 1.165) is 30.6 Å². The fourth-order valence-electron chi connectivity index (χ4n) is 4.56. The van der Waals surface area contributed by atoms with Gasteiger partial charge < -0.3 is 14.8 Å². The molecule has 1 N–H and O–H groups in total. The molecule has 0 saturated heterocycles. The molecule has 1 aliphatic carbocycles. The lowest BCUT2D eigenvalue weighted by Gasteiger charge is -2.32. The summed E-state index contributed by atoms with van der Waals surface area (Å²) >= 11 is 1.46. The number of amides is 2. The highest BCUT2D eigenvalue weighted by atomic mass is 32.1. The van der Waals surface area contributed by atoms with Crippen LogP contribution in [0, 0.1) is 5.82 Å². The zero-order valence-corrected chi connectivity index (χ0v) is 19.4. The number of hydrogen-bond acceptors (Lipinski definition) is 5. The van der Waals surface area contributed by atoms with Crippen molar-refractivity contribution in [3.63, 3.8) is 0 Å². The number of anilines is 1. The summed E-state index contributed by atoms with van der Waals surface area (Å²) in [5.41, 5.74) is 0.593. The minimum Gasteiger partial charge on any atom is -0.454 e. The van der Waals surface area contributed by atoms with E-state index in [2.05, 4.69) is 5.32 Å². The Labute approximate surface area is 216 Å². The Hall–Kier alpha value is -3.39. The molecule has 2 amide bonds. The predicted molar refractivity (Wildman–Crippen MR) is 141 cm³/mol. The number of carbonyl (C=O) groups is 2. The van der Waals surface area contributed by atoms with Crippen LogP contribution < -0.4 is 19.7 Å². The van der Waals surface area contributed by atoms with Gasteiger partial charge in [0.1, 0.15) is 11.9 Å². The molecule has 8 heteroatoms. The molecule has 1 aromatic heterocycles. The summed E-state index contributed by atoms with van der Waals surface area (Å²) in [6, 6.07) is 13.8. The van der Waals surface area contributed by atoms with E-state index in [1.54, 1.807) is 36.4 Å². The molecule has 0 spiro atoms. The number of fused-ring (bicyclic) bond motifs is 1. The summed E-state index contributed by atoms with van der Waals surface area (Å²) in [4.78, 5) is 29.7. The summed E-state index contributed by atoms with van der Waals surface area (Å²) in [5, 5.41) is 4.97. The van der Waals surface area contributed by atoms with Crippen molar-refractivity contribution >= 4 is 28.8 Å². The average Bonchev–Trinajstić information content (AvgIpc) is 3.60. The Bertz CT molecular complexity index is 1180. The van der Waals surface area contributed by atoms with Crippen LogP contribution in [0.5, 0.6) is 11.5 Å². The van der Waals surface area contributed by atoms with Crippen LogP contribution in [0.2, 0.25) is 0 Å². The molecule has 2 aromatic carbocycles. The fraction of sp³-hybridized carbons (Fsp3) is 0.357. The first-order chi connectivity index (χ1) is 16.6. The first-order valence-corrected chi connectivity index (χ1v) is 12.3. The maximum Gasteiger partial charge on any atom is 0.248 e. The molecule has 1 atom stereocenters. The van der Waals surface area contributed by atoms with Crippen molar-refractivity contribution in [2.45, 2.75) is 59.0 Å². The van der Waals surface area contributed by atoms with Crippen molar-refractivity contribution in [3.05, 3.63) is 76.2 Å². The molecule has 5 rings (SSSR count). The summed E-state index contributed by atoms with van der Waals surface area (Å²) in [6.07, 6.45) is 3.93. The molecule has 36 heavy (non-hydrogen) atoms. The van der Waals surface area contributed by atoms with Crippen molar-refractivity contribution in [1.29, 1.82) is 0 Å². The summed E-state index contributed by atoms with van der Waals surface area (Å²) in [7, 11) is 0. The van der Waals surface area contributed by atoms with E-state index >= 15 is 4.39 Å². The van der Waals surface area contributed by atoms with Gasteiger partial charge in [0.15, 0.2) is 11.5 Å². The third-order valence-corrected chi connectivity index (χ3v) is 7.09. The van der Waals surface area contributed by atoms with Gasteiger partial charge >= 0.3 is 0 Å². The monoisotopic (exact) mass is 512 g/mol. The number of halogens is 1. The van der Waals surface area contributed by atoms with E-state index in [4.69, 9.17) is 9.47 Å². The summed E-state index contributed by atoms with van der Waals surface area (Å²) in [5.74, 6) is -0.198. The minimum atomic E-state index is -1.17. The molecule has 1 unspecified atom stereocenters. The van der Waals surface area contributed by atoms with Gasteiger partial charge in [-0.2, -0.15) is 0 Å². The van der Waals surface area contributed by atoms with E-state index in [9.17, 15) is 9.59 Å². The van der Waals surface area contributed by atoms with Crippen LogP contribution in [0.3, 0.4) is 0 Å². The van der Waals surface area contributed by atoms with Crippen LogP contribution in [0.25, 0.3) is 0 Å². The SMILES string of the molecule is C.C.O=C(NC1CCCC1)C(c1ccccc1F)N(C(=O)Cc1cccs1)c1ccc2c(c1)OCO2. The quantitative estimate of drug-likeness (QED) is 0.406. The first kappa shape index (κ1) is 27.2. The Morgan fingerprint density at radius 1 is 1.03 bits per heavy atom. The van der Waals surface area contributed by atoms with Crippen LogP contribution in [0.1, 0.15) is 57.0 Å². The zero-order valence-electron chi connectivity index (χ0n) is 18.5. The van der Waals surface area contributed by atoms with E-state index < -0.39 is 17.8 Å². The van der Waals surface area contributed by atoms with Crippen LogP contribution in [-0.4, -0.2) is 24.6 Å². The van der Waals surface area contributed by atoms with Crippen molar-refractivity contribution in [3.8, 4) is 11.5 Å². The molecule has 3 aromatic rings. The van der Waals surface area contributed by atoms with Crippen molar-refractivity contribution < 1.29 is 23.5 Å². The highest BCUT2D eigenvalue weighted by molar-refractivity contribution is 7.10. The molecule has 192 valence electrons. The van der Waals surface area contributed by atoms with Gasteiger partial charge in [0.2, 0.25) is 18.6 Å². The highest BCUT2D eigenvalue weighted by Crippen LogP contribution is 2.39. The van der Waals surface area contributed by atoms with Gasteiger partial charge in [-0.15, -0.1) is 11.3 Å². The third kappa shape index (κ3) is 5.70. The minimum absolute atomic E-state index is 0. The lowest BCUT2D eigenvalue weighted by molar-refractivity contribution is -0.127. The second-order valence-electron chi connectivity index (χ2n) is 8.47. The maximum atomic E-state index is 15.1. The van der Waals surface area contributed by atoms with E-state index in [0.29, 0.717) is 17.2 Å². The van der Waals surface area contributed by atoms with Crippen LogP contribution in [0.15, 0.2) is 60.0 Å². The van der Waals surface area contributed by atoms with E-state index in [1.165, 1.54) is 22.3 Å². The number of hydrogen-bond donors (Lipinski definition) is 1. The lowest BCUT2D eigenvalue weighted by Crippen LogP contribution is -2.47. The average molecular weight is 513 g/mol. The summed E-state index contributed by atoms with van der Waals surface area (Å²) < 4.78 is 26.0. The topological polar surface area (TPSA) is 67.9 Å². The predicted octanol–water partition coefficient (Wildman–Crippen LogP) is 6.26. The molecule has 6 nitrogen and oxygen atoms in total. The highest BCUT2D eigenvalue weighted by Gasteiger charge is 2.36. The second kappa shape index (κ2) is 12.0. The fourth-order valence-corrected chi connectivity index (χ4v) is 5.26. The molecule has 0 bridgehead atoms. The number of nitrogens with one attached hydrogen (secondary N) is 1. The van der Waals surface area contributed by atoms with E-state index in [-0.39, 0.29) is 45.6 Å². The number of rotatable bonds is 7. The smallest absolute Gasteiger partial charge is 0.248 e. The summed E-state index contributed by atoms with van der Waals surface area (Å²) in [6.45, 7) is 0.0842. The van der Waals surface area contributed by atoms with Crippen molar-refractivity contribution in [1.82, 2.24) is 5.32 Å². The number of thiophene rings is 1. The van der Waals surface area contributed by atoms with Gasteiger partial charge in [-0.25, -0.2) is 4.39 Å². The first-order valence-electron chi connectivity index (χ1n) is 11.4. The van der Waals surface area contributed by atoms with Crippen LogP contribution in [-0.2, 0) is 16.0 Å². The Morgan fingerprint density at radius 2 is 1.78 bits per heavy atom. The number of ether oxygens (including phenoxy) is 2. The Morgan fingerprint density at radius 3 is 2.50 bits per heavy atom. The van der Waals surface area contributed by atoms with Crippen molar-refractivity contribution in [2.24, 2.45) is 0 Å². The Kier molecular flexibility index (Phi) is 9.09. The number of nitrogens with zero attached hydrogens (tertiary/aromatic N) is 1. The second-order valence-corrected chi connectivity index (χ2v) is 9.50. The van der Waals surface area contributed by atoms with E-state index in [1.807, 2.05) is 17.5 Å². The zero-order chi connectivity index (χ0) is 23.5. The van der Waals surface area contributed by atoms with Gasteiger partial charge in [-0.3, -0.25) is 14.5 Å². The van der Waals surface area contributed by atoms with Gasteiger partial charge in [0.25, 0.3) is 0 Å². The molecule has 2 heterocycles. The van der Waals surface area contributed by atoms with Crippen molar-refractivity contribution in [2.75, 3.05) is 11.7 Å². The molecule has 1 saturated carbocycles. The van der Waals surface area contributed by atoms with Crippen LogP contribution >= 0.6 is 11.3 Å². The van der Waals surface area contributed by atoms with Gasteiger partial charge in [0, 0.05) is 28.2 Å².